The largest absolute Gasteiger partial charge is 0.393 e. The molecule has 0 aliphatic heterocycles. The molecule has 0 aromatic heterocycles. The zero-order valence-electron chi connectivity index (χ0n) is 10.4. The van der Waals surface area contributed by atoms with E-state index in [1.807, 2.05) is 0 Å². The fourth-order valence-electron chi connectivity index (χ4n) is 2.21. The van der Waals surface area contributed by atoms with Gasteiger partial charge in [0.25, 0.3) is 0 Å². The maximum absolute atomic E-state index is 9.72. The second-order valence-corrected chi connectivity index (χ2v) is 4.66. The Bertz CT molecular complexity index is 476. The van der Waals surface area contributed by atoms with Crippen molar-refractivity contribution >= 4 is 10.8 Å². The van der Waals surface area contributed by atoms with E-state index in [1.165, 1.54) is 16.3 Å². The highest BCUT2D eigenvalue weighted by Gasteiger charge is 2.03. The summed E-state index contributed by atoms with van der Waals surface area (Å²) in [6.45, 7) is 2.11. The molecule has 1 heteroatoms. The lowest BCUT2D eigenvalue weighted by Gasteiger charge is -2.09. The summed E-state index contributed by atoms with van der Waals surface area (Å²) in [7, 11) is 0. The smallest absolute Gasteiger partial charge is 0.0543 e. The van der Waals surface area contributed by atoms with Gasteiger partial charge in [0.2, 0.25) is 0 Å². The SMILES string of the molecule is CCCC(O)CCc1ccc2ccccc2c1. The van der Waals surface area contributed by atoms with Gasteiger partial charge in [-0.05, 0) is 35.6 Å². The molecular formula is C16H20O. The van der Waals surface area contributed by atoms with Gasteiger partial charge in [0.1, 0.15) is 0 Å². The van der Waals surface area contributed by atoms with E-state index >= 15 is 0 Å². The number of hydrogen-bond donors (Lipinski definition) is 1. The van der Waals surface area contributed by atoms with Gasteiger partial charge in [-0.1, -0.05) is 55.8 Å². The van der Waals surface area contributed by atoms with Crippen LogP contribution in [-0.2, 0) is 6.42 Å². The van der Waals surface area contributed by atoms with Crippen molar-refractivity contribution < 1.29 is 5.11 Å². The van der Waals surface area contributed by atoms with E-state index in [2.05, 4.69) is 49.4 Å². The minimum atomic E-state index is -0.147. The molecule has 1 N–H and O–H groups in total. The molecule has 2 aromatic rings. The number of fused-ring (bicyclic) bond motifs is 1. The monoisotopic (exact) mass is 228 g/mol. The van der Waals surface area contributed by atoms with Gasteiger partial charge in [0.05, 0.1) is 6.10 Å². The fraction of sp³-hybridized carbons (Fsp3) is 0.375. The highest BCUT2D eigenvalue weighted by Crippen LogP contribution is 2.17. The lowest BCUT2D eigenvalue weighted by atomic mass is 10.0. The van der Waals surface area contributed by atoms with Crippen LogP contribution in [-0.4, -0.2) is 11.2 Å². The predicted octanol–water partition coefficient (Wildman–Crippen LogP) is 3.93. The van der Waals surface area contributed by atoms with Crippen molar-refractivity contribution in [2.45, 2.75) is 38.7 Å². The third-order valence-corrected chi connectivity index (χ3v) is 3.20. The molecule has 2 aromatic carbocycles. The van der Waals surface area contributed by atoms with Crippen LogP contribution in [0.3, 0.4) is 0 Å². The summed E-state index contributed by atoms with van der Waals surface area (Å²) in [6, 6.07) is 15.0. The van der Waals surface area contributed by atoms with Crippen LogP contribution < -0.4 is 0 Å². The second kappa shape index (κ2) is 5.83. The maximum Gasteiger partial charge on any atom is 0.0543 e. The van der Waals surface area contributed by atoms with E-state index in [0.29, 0.717) is 0 Å². The quantitative estimate of drug-likeness (QED) is 0.822. The van der Waals surface area contributed by atoms with E-state index < -0.39 is 0 Å². The molecule has 0 amide bonds. The summed E-state index contributed by atoms with van der Waals surface area (Å²) in [6.07, 6.45) is 3.65. The Hall–Kier alpha value is -1.34. The normalized spacial score (nSPS) is 12.8. The van der Waals surface area contributed by atoms with Gasteiger partial charge < -0.3 is 5.11 Å². The number of rotatable bonds is 5. The van der Waals surface area contributed by atoms with Crippen LogP contribution in [0.25, 0.3) is 10.8 Å². The third-order valence-electron chi connectivity index (χ3n) is 3.20. The molecule has 0 radical (unpaired) electrons. The lowest BCUT2D eigenvalue weighted by Crippen LogP contribution is -2.06. The van der Waals surface area contributed by atoms with Crippen LogP contribution >= 0.6 is 0 Å². The minimum absolute atomic E-state index is 0.147. The first-order valence-corrected chi connectivity index (χ1v) is 6.45. The topological polar surface area (TPSA) is 20.2 Å². The molecule has 1 unspecified atom stereocenters. The summed E-state index contributed by atoms with van der Waals surface area (Å²) in [4.78, 5) is 0. The van der Waals surface area contributed by atoms with Crippen LogP contribution in [0.5, 0.6) is 0 Å². The molecule has 2 rings (SSSR count). The van der Waals surface area contributed by atoms with Crippen LogP contribution in [0.2, 0.25) is 0 Å². The van der Waals surface area contributed by atoms with Crippen LogP contribution in [0.15, 0.2) is 42.5 Å². The van der Waals surface area contributed by atoms with Crippen molar-refractivity contribution in [2.24, 2.45) is 0 Å². The first kappa shape index (κ1) is 12.1. The predicted molar refractivity (Wildman–Crippen MR) is 73.2 cm³/mol. The zero-order valence-corrected chi connectivity index (χ0v) is 10.4. The molecule has 0 heterocycles. The van der Waals surface area contributed by atoms with Crippen molar-refractivity contribution in [3.63, 3.8) is 0 Å². The standard InChI is InChI=1S/C16H20O/c1-2-5-16(17)11-9-13-8-10-14-6-3-4-7-15(14)12-13/h3-4,6-8,10,12,16-17H,2,5,9,11H2,1H3. The molecule has 1 atom stereocenters. The Morgan fingerprint density at radius 2 is 1.76 bits per heavy atom. The van der Waals surface area contributed by atoms with Gasteiger partial charge in [-0.3, -0.25) is 0 Å². The lowest BCUT2D eigenvalue weighted by molar-refractivity contribution is 0.154. The van der Waals surface area contributed by atoms with Crippen molar-refractivity contribution in [2.75, 3.05) is 0 Å². The van der Waals surface area contributed by atoms with E-state index in [9.17, 15) is 5.11 Å². The second-order valence-electron chi connectivity index (χ2n) is 4.66. The number of aliphatic hydroxyl groups excluding tert-OH is 1. The first-order valence-electron chi connectivity index (χ1n) is 6.45. The molecule has 0 aliphatic carbocycles. The molecule has 0 saturated heterocycles. The van der Waals surface area contributed by atoms with Crippen molar-refractivity contribution in [3.8, 4) is 0 Å². The van der Waals surface area contributed by atoms with Crippen LogP contribution in [0.1, 0.15) is 31.7 Å². The molecule has 0 bridgehead atoms. The first-order chi connectivity index (χ1) is 8.29. The summed E-state index contributed by atoms with van der Waals surface area (Å²) in [5.74, 6) is 0. The molecule has 90 valence electrons. The van der Waals surface area contributed by atoms with Crippen molar-refractivity contribution in [1.82, 2.24) is 0 Å². The zero-order chi connectivity index (χ0) is 12.1. The van der Waals surface area contributed by atoms with Gasteiger partial charge in [-0.2, -0.15) is 0 Å². The molecule has 0 aliphatic rings. The number of aryl methyl sites for hydroxylation is 1. The van der Waals surface area contributed by atoms with E-state index in [0.717, 1.165) is 25.7 Å². The summed E-state index contributed by atoms with van der Waals surface area (Å²) >= 11 is 0. The Balaban J connectivity index is 2.04. The average molecular weight is 228 g/mol. The molecule has 0 spiro atoms. The van der Waals surface area contributed by atoms with E-state index in [4.69, 9.17) is 0 Å². The van der Waals surface area contributed by atoms with E-state index in [-0.39, 0.29) is 6.10 Å². The molecule has 17 heavy (non-hydrogen) atoms. The van der Waals surface area contributed by atoms with Gasteiger partial charge in [-0.25, -0.2) is 0 Å². The number of hydrogen-bond acceptors (Lipinski definition) is 1. The molecule has 1 nitrogen and oxygen atoms in total. The summed E-state index contributed by atoms with van der Waals surface area (Å²) in [5.41, 5.74) is 1.32. The van der Waals surface area contributed by atoms with Crippen LogP contribution in [0.4, 0.5) is 0 Å². The number of benzene rings is 2. The third kappa shape index (κ3) is 3.31. The van der Waals surface area contributed by atoms with E-state index in [1.54, 1.807) is 0 Å². The number of aliphatic hydroxyl groups is 1. The van der Waals surface area contributed by atoms with Gasteiger partial charge in [0.15, 0.2) is 0 Å². The van der Waals surface area contributed by atoms with Crippen molar-refractivity contribution in [1.29, 1.82) is 0 Å². The summed E-state index contributed by atoms with van der Waals surface area (Å²) < 4.78 is 0. The van der Waals surface area contributed by atoms with Crippen molar-refractivity contribution in [3.05, 3.63) is 48.0 Å². The maximum atomic E-state index is 9.72. The molecular weight excluding hydrogens is 208 g/mol. The summed E-state index contributed by atoms with van der Waals surface area (Å²) in [5, 5.41) is 12.3. The molecule has 0 saturated carbocycles. The Morgan fingerprint density at radius 1 is 1.00 bits per heavy atom. The highest BCUT2D eigenvalue weighted by atomic mass is 16.3. The minimum Gasteiger partial charge on any atom is -0.393 e. The Labute approximate surface area is 103 Å². The fourth-order valence-corrected chi connectivity index (χ4v) is 2.21. The highest BCUT2D eigenvalue weighted by molar-refractivity contribution is 5.82. The van der Waals surface area contributed by atoms with Gasteiger partial charge >= 0.3 is 0 Å². The van der Waals surface area contributed by atoms with Gasteiger partial charge in [-0.15, -0.1) is 0 Å². The van der Waals surface area contributed by atoms with Gasteiger partial charge in [0, 0.05) is 0 Å². The Morgan fingerprint density at radius 3 is 2.53 bits per heavy atom. The average Bonchev–Trinajstić information content (AvgIpc) is 2.36. The molecule has 0 fully saturated rings. The van der Waals surface area contributed by atoms with Crippen LogP contribution in [0, 0.1) is 0 Å². The Kier molecular flexibility index (Phi) is 4.16.